The van der Waals surface area contributed by atoms with Gasteiger partial charge in [0.25, 0.3) is 5.91 Å². The monoisotopic (exact) mass is 390 g/mol. The molecular formula is C22H19FN4O2. The summed E-state index contributed by atoms with van der Waals surface area (Å²) >= 11 is 0. The van der Waals surface area contributed by atoms with E-state index in [0.29, 0.717) is 5.76 Å². The van der Waals surface area contributed by atoms with Crippen LogP contribution in [0.3, 0.4) is 0 Å². The van der Waals surface area contributed by atoms with Crippen molar-refractivity contribution < 1.29 is 13.7 Å². The number of amides is 1. The summed E-state index contributed by atoms with van der Waals surface area (Å²) in [5.74, 6) is -0.108. The predicted molar refractivity (Wildman–Crippen MR) is 106 cm³/mol. The SMILES string of the molecule is Cc1c(C(C)NC(=O)c2cc(-c3ccccc3)on2)cnn1-c1ccc(F)cc1. The van der Waals surface area contributed by atoms with Crippen molar-refractivity contribution in [2.45, 2.75) is 19.9 Å². The molecule has 0 radical (unpaired) electrons. The first kappa shape index (κ1) is 18.6. The lowest BCUT2D eigenvalue weighted by Crippen LogP contribution is -2.27. The van der Waals surface area contributed by atoms with Crippen molar-refractivity contribution in [3.8, 4) is 17.0 Å². The third-order valence-corrected chi connectivity index (χ3v) is 4.73. The highest BCUT2D eigenvalue weighted by molar-refractivity contribution is 5.93. The number of benzene rings is 2. The van der Waals surface area contributed by atoms with Crippen LogP contribution in [-0.2, 0) is 0 Å². The molecule has 0 aliphatic heterocycles. The summed E-state index contributed by atoms with van der Waals surface area (Å²) < 4.78 is 20.2. The Morgan fingerprint density at radius 1 is 1.14 bits per heavy atom. The molecule has 7 heteroatoms. The van der Waals surface area contributed by atoms with Gasteiger partial charge < -0.3 is 9.84 Å². The first-order valence-electron chi connectivity index (χ1n) is 9.16. The number of rotatable bonds is 5. The van der Waals surface area contributed by atoms with Crippen molar-refractivity contribution in [1.29, 1.82) is 0 Å². The van der Waals surface area contributed by atoms with Gasteiger partial charge in [-0.3, -0.25) is 4.79 Å². The van der Waals surface area contributed by atoms with Gasteiger partial charge in [-0.2, -0.15) is 5.10 Å². The van der Waals surface area contributed by atoms with Crippen LogP contribution in [-0.4, -0.2) is 20.8 Å². The fraction of sp³-hybridized carbons (Fsp3) is 0.136. The van der Waals surface area contributed by atoms with Crippen molar-refractivity contribution in [2.24, 2.45) is 0 Å². The van der Waals surface area contributed by atoms with E-state index in [1.165, 1.54) is 12.1 Å². The highest BCUT2D eigenvalue weighted by Gasteiger charge is 2.20. The molecule has 0 fully saturated rings. The summed E-state index contributed by atoms with van der Waals surface area (Å²) in [6, 6.07) is 16.9. The van der Waals surface area contributed by atoms with Crippen LogP contribution in [0.25, 0.3) is 17.0 Å². The van der Waals surface area contributed by atoms with Crippen LogP contribution in [0.4, 0.5) is 4.39 Å². The van der Waals surface area contributed by atoms with E-state index in [4.69, 9.17) is 4.52 Å². The van der Waals surface area contributed by atoms with E-state index >= 15 is 0 Å². The average Bonchev–Trinajstić information content (AvgIpc) is 3.37. The van der Waals surface area contributed by atoms with Gasteiger partial charge in [0.1, 0.15) is 5.82 Å². The fourth-order valence-electron chi connectivity index (χ4n) is 3.16. The smallest absolute Gasteiger partial charge is 0.273 e. The molecule has 2 aromatic heterocycles. The molecule has 0 aliphatic carbocycles. The largest absolute Gasteiger partial charge is 0.355 e. The molecule has 6 nitrogen and oxygen atoms in total. The summed E-state index contributed by atoms with van der Waals surface area (Å²) in [6.07, 6.45) is 1.70. The van der Waals surface area contributed by atoms with Crippen LogP contribution in [0.2, 0.25) is 0 Å². The lowest BCUT2D eigenvalue weighted by molar-refractivity contribution is 0.0930. The van der Waals surface area contributed by atoms with Crippen molar-refractivity contribution in [2.75, 3.05) is 0 Å². The van der Waals surface area contributed by atoms with Crippen molar-refractivity contribution in [3.05, 3.63) is 89.6 Å². The molecule has 29 heavy (non-hydrogen) atoms. The summed E-state index contributed by atoms with van der Waals surface area (Å²) in [7, 11) is 0. The predicted octanol–water partition coefficient (Wildman–Crippen LogP) is 4.47. The van der Waals surface area contributed by atoms with E-state index in [1.807, 2.05) is 44.2 Å². The van der Waals surface area contributed by atoms with Gasteiger partial charge in [0.05, 0.1) is 17.9 Å². The Kier molecular flexibility index (Phi) is 4.95. The Bertz CT molecular complexity index is 1130. The average molecular weight is 390 g/mol. The lowest BCUT2D eigenvalue weighted by atomic mass is 10.1. The Hall–Kier alpha value is -3.74. The number of carbonyl (C=O) groups is 1. The van der Waals surface area contributed by atoms with E-state index in [1.54, 1.807) is 29.1 Å². The zero-order chi connectivity index (χ0) is 20.4. The number of nitrogens with one attached hydrogen (secondary N) is 1. The highest BCUT2D eigenvalue weighted by atomic mass is 19.1. The maximum Gasteiger partial charge on any atom is 0.273 e. The topological polar surface area (TPSA) is 73.0 Å². The summed E-state index contributed by atoms with van der Waals surface area (Å²) in [5.41, 5.74) is 3.52. The first-order chi connectivity index (χ1) is 14.0. The Morgan fingerprint density at radius 2 is 1.86 bits per heavy atom. The van der Waals surface area contributed by atoms with Gasteiger partial charge in [0.2, 0.25) is 0 Å². The van der Waals surface area contributed by atoms with Gasteiger partial charge in [-0.05, 0) is 38.1 Å². The van der Waals surface area contributed by atoms with Gasteiger partial charge in [0, 0.05) is 22.9 Å². The second kappa shape index (κ2) is 7.71. The van der Waals surface area contributed by atoms with E-state index in [9.17, 15) is 9.18 Å². The maximum atomic E-state index is 13.2. The van der Waals surface area contributed by atoms with Crippen LogP contribution >= 0.6 is 0 Å². The molecule has 0 bridgehead atoms. The second-order valence-corrected chi connectivity index (χ2v) is 6.71. The number of hydrogen-bond donors (Lipinski definition) is 1. The summed E-state index contributed by atoms with van der Waals surface area (Å²) in [6.45, 7) is 3.77. The quantitative estimate of drug-likeness (QED) is 0.546. The normalized spacial score (nSPS) is 12.0. The molecule has 0 saturated carbocycles. The molecule has 4 aromatic rings. The van der Waals surface area contributed by atoms with Gasteiger partial charge in [-0.1, -0.05) is 35.5 Å². The zero-order valence-corrected chi connectivity index (χ0v) is 16.0. The Balaban J connectivity index is 1.50. The molecule has 2 heterocycles. The van der Waals surface area contributed by atoms with Gasteiger partial charge in [0.15, 0.2) is 11.5 Å². The summed E-state index contributed by atoms with van der Waals surface area (Å²) in [5, 5.41) is 11.2. The number of hydrogen-bond acceptors (Lipinski definition) is 4. The summed E-state index contributed by atoms with van der Waals surface area (Å²) in [4.78, 5) is 12.6. The molecule has 1 N–H and O–H groups in total. The van der Waals surface area contributed by atoms with Crippen LogP contribution in [0.1, 0.15) is 34.7 Å². The lowest BCUT2D eigenvalue weighted by Gasteiger charge is -2.13. The Morgan fingerprint density at radius 3 is 2.59 bits per heavy atom. The first-order valence-corrected chi connectivity index (χ1v) is 9.16. The molecule has 0 aliphatic rings. The number of aromatic nitrogens is 3. The van der Waals surface area contributed by atoms with Gasteiger partial charge in [-0.25, -0.2) is 9.07 Å². The minimum Gasteiger partial charge on any atom is -0.355 e. The number of nitrogens with zero attached hydrogens (tertiary/aromatic N) is 3. The molecule has 4 rings (SSSR count). The van der Waals surface area contributed by atoms with Crippen LogP contribution in [0.15, 0.2) is 71.4 Å². The van der Waals surface area contributed by atoms with E-state index in [-0.39, 0.29) is 23.5 Å². The molecule has 0 spiro atoms. The third kappa shape index (κ3) is 3.80. The van der Waals surface area contributed by atoms with Crippen LogP contribution < -0.4 is 5.32 Å². The van der Waals surface area contributed by atoms with Gasteiger partial charge >= 0.3 is 0 Å². The van der Waals surface area contributed by atoms with Crippen LogP contribution in [0.5, 0.6) is 0 Å². The van der Waals surface area contributed by atoms with Crippen molar-refractivity contribution in [3.63, 3.8) is 0 Å². The number of halogens is 1. The molecular weight excluding hydrogens is 371 g/mol. The molecule has 1 atom stereocenters. The zero-order valence-electron chi connectivity index (χ0n) is 16.0. The van der Waals surface area contributed by atoms with Crippen LogP contribution in [0, 0.1) is 12.7 Å². The van der Waals surface area contributed by atoms with E-state index < -0.39 is 0 Å². The maximum absolute atomic E-state index is 13.2. The standard InChI is InChI=1S/C22H19FN4O2/c1-14(19-13-24-27(15(19)2)18-10-8-17(23)9-11-18)25-22(28)20-12-21(29-26-20)16-6-4-3-5-7-16/h3-14H,1-2H3,(H,25,28). The molecule has 2 aromatic carbocycles. The minimum atomic E-state index is -0.336. The molecule has 0 saturated heterocycles. The minimum absolute atomic E-state index is 0.208. The highest BCUT2D eigenvalue weighted by Crippen LogP contribution is 2.22. The molecule has 1 amide bonds. The van der Waals surface area contributed by atoms with Gasteiger partial charge in [-0.15, -0.1) is 0 Å². The fourth-order valence-corrected chi connectivity index (χ4v) is 3.16. The molecule has 1 unspecified atom stereocenters. The third-order valence-electron chi connectivity index (χ3n) is 4.73. The molecule has 146 valence electrons. The number of carbonyl (C=O) groups excluding carboxylic acids is 1. The Labute approximate surface area is 167 Å². The van der Waals surface area contributed by atoms with E-state index in [0.717, 1.165) is 22.5 Å². The van der Waals surface area contributed by atoms with Crippen molar-refractivity contribution in [1.82, 2.24) is 20.3 Å². The second-order valence-electron chi connectivity index (χ2n) is 6.71. The van der Waals surface area contributed by atoms with Crippen molar-refractivity contribution >= 4 is 5.91 Å². The van der Waals surface area contributed by atoms with E-state index in [2.05, 4.69) is 15.6 Å².